The summed E-state index contributed by atoms with van der Waals surface area (Å²) in [6, 6.07) is 25.0. The molecule has 4 saturated heterocycles. The number of esters is 1. The number of benzene rings is 3. The van der Waals surface area contributed by atoms with Crippen molar-refractivity contribution in [3.63, 3.8) is 0 Å². The molecule has 3 aromatic carbocycles. The molecule has 2 bridgehead atoms. The smallest absolute Gasteiger partial charge is 0.327 e. The molecule has 11 atom stereocenters. The van der Waals surface area contributed by atoms with Gasteiger partial charge in [0.25, 0.3) is 0 Å². The van der Waals surface area contributed by atoms with Gasteiger partial charge >= 0.3 is 5.97 Å². The van der Waals surface area contributed by atoms with Gasteiger partial charge in [0.05, 0.1) is 26.4 Å². The van der Waals surface area contributed by atoms with Gasteiger partial charge in [-0.05, 0) is 11.1 Å². The normalized spacial score (nSPS) is 33.0. The molecule has 7 N–H and O–H groups in total. The number of aliphatic hydroxyl groups is 5. The minimum absolute atomic E-state index is 0.0328. The minimum Gasteiger partial charge on any atom is -0.458 e. The van der Waals surface area contributed by atoms with Gasteiger partial charge in [-0.15, -0.1) is 0 Å². The molecular formula is C43H49N3O14. The van der Waals surface area contributed by atoms with E-state index in [0.29, 0.717) is 11.1 Å². The molecule has 8 rings (SSSR count). The Labute approximate surface area is 345 Å². The minimum atomic E-state index is -1.56. The van der Waals surface area contributed by atoms with Crippen LogP contribution >= 0.6 is 0 Å². The number of hydrogen-bond acceptors (Lipinski definition) is 15. The number of fused-ring (bicyclic) bond motifs is 4. The van der Waals surface area contributed by atoms with Crippen molar-refractivity contribution in [3.05, 3.63) is 113 Å². The van der Waals surface area contributed by atoms with Crippen molar-refractivity contribution in [2.24, 2.45) is 5.41 Å². The van der Waals surface area contributed by atoms with Crippen molar-refractivity contribution in [2.75, 3.05) is 32.9 Å². The van der Waals surface area contributed by atoms with E-state index in [2.05, 4.69) is 10.6 Å². The van der Waals surface area contributed by atoms with Crippen LogP contribution in [0.3, 0.4) is 0 Å². The van der Waals surface area contributed by atoms with Crippen LogP contribution in [0.2, 0.25) is 0 Å². The Bertz CT molecular complexity index is 1980. The first-order valence-corrected chi connectivity index (χ1v) is 20.0. The molecule has 17 heteroatoms. The summed E-state index contributed by atoms with van der Waals surface area (Å²) in [5, 5.41) is 55.9. The zero-order valence-corrected chi connectivity index (χ0v) is 32.5. The predicted molar refractivity (Wildman–Crippen MR) is 207 cm³/mol. The maximum absolute atomic E-state index is 14.6. The highest BCUT2D eigenvalue weighted by Gasteiger charge is 2.76. The standard InChI is InChI=1S/C43H49N3O14/c47-19-18-44-31(49)16-17-45-41(54)42-22-29-35-36(59-43(58-35,27-12-3-1-4-13-27)28-14-5-2-6-15-28)38(42)60-46(37(42)39(53)56-29)23-26-10-7-9-25(21-26)11-8-20-55-40-34(52)33(51)32(50)30(24-48)57-40/h1-15,21,29-30,32-38,40,47-48,50-52H,16-20,22-24H2,(H,44,49)(H,45,54)/t29-,30-,32+,33+,34-,35+,36+,37+,38-,40+,42+/m1/s1. The fourth-order valence-electron chi connectivity index (χ4n) is 8.94. The predicted octanol–water partition coefficient (Wildman–Crippen LogP) is -0.384. The van der Waals surface area contributed by atoms with Gasteiger partial charge in [0.1, 0.15) is 54.2 Å². The molecule has 5 fully saturated rings. The molecule has 0 spiro atoms. The highest BCUT2D eigenvalue weighted by molar-refractivity contribution is 5.94. The summed E-state index contributed by atoms with van der Waals surface area (Å²) < 4.78 is 31.0. The van der Waals surface area contributed by atoms with E-state index in [1.807, 2.05) is 84.9 Å². The fourth-order valence-corrected chi connectivity index (χ4v) is 8.94. The quantitative estimate of drug-likeness (QED) is 0.0968. The van der Waals surface area contributed by atoms with Gasteiger partial charge in [-0.3, -0.25) is 19.2 Å². The Morgan fingerprint density at radius 2 is 1.58 bits per heavy atom. The zero-order valence-electron chi connectivity index (χ0n) is 32.5. The number of nitrogens with zero attached hydrogens (tertiary/aromatic N) is 1. The summed E-state index contributed by atoms with van der Waals surface area (Å²) in [7, 11) is 0. The molecule has 17 nitrogen and oxygen atoms in total. The third kappa shape index (κ3) is 7.76. The first kappa shape index (κ1) is 42.1. The molecule has 2 amide bonds. The number of aliphatic hydroxyl groups excluding tert-OH is 5. The van der Waals surface area contributed by atoms with Crippen LogP contribution in [-0.4, -0.2) is 142 Å². The largest absolute Gasteiger partial charge is 0.458 e. The van der Waals surface area contributed by atoms with Crippen LogP contribution in [0.1, 0.15) is 35.1 Å². The number of ether oxygens (including phenoxy) is 5. The number of hydrogen-bond donors (Lipinski definition) is 7. The van der Waals surface area contributed by atoms with Gasteiger partial charge in [-0.2, -0.15) is 5.06 Å². The van der Waals surface area contributed by atoms with Crippen LogP contribution in [0, 0.1) is 5.41 Å². The van der Waals surface area contributed by atoms with Crippen molar-refractivity contribution in [1.82, 2.24) is 15.7 Å². The lowest BCUT2D eigenvalue weighted by Crippen LogP contribution is -2.69. The number of carbonyl (C=O) groups excluding carboxylic acids is 3. The van der Waals surface area contributed by atoms with E-state index in [0.717, 1.165) is 11.1 Å². The number of nitrogens with one attached hydrogen (secondary N) is 2. The van der Waals surface area contributed by atoms with Crippen molar-refractivity contribution >= 4 is 23.9 Å². The second-order valence-corrected chi connectivity index (χ2v) is 15.5. The second kappa shape index (κ2) is 17.8. The van der Waals surface area contributed by atoms with Crippen LogP contribution in [0.5, 0.6) is 0 Å². The van der Waals surface area contributed by atoms with Gasteiger partial charge < -0.3 is 59.9 Å². The van der Waals surface area contributed by atoms with Gasteiger partial charge in [-0.25, -0.2) is 0 Å². The zero-order chi connectivity index (χ0) is 42.0. The number of hydroxylamine groups is 2. The van der Waals surface area contributed by atoms with Crippen LogP contribution in [0.15, 0.2) is 91.0 Å². The van der Waals surface area contributed by atoms with Crippen molar-refractivity contribution in [1.29, 1.82) is 0 Å². The lowest BCUT2D eigenvalue weighted by Gasteiger charge is -2.48. The first-order chi connectivity index (χ1) is 29.1. The van der Waals surface area contributed by atoms with Crippen LogP contribution < -0.4 is 10.6 Å². The van der Waals surface area contributed by atoms with E-state index in [9.17, 15) is 34.8 Å². The van der Waals surface area contributed by atoms with Crippen molar-refractivity contribution in [3.8, 4) is 0 Å². The maximum Gasteiger partial charge on any atom is 0.327 e. The molecule has 60 heavy (non-hydrogen) atoms. The van der Waals surface area contributed by atoms with Crippen LogP contribution in [0.4, 0.5) is 0 Å². The third-order valence-electron chi connectivity index (χ3n) is 11.8. The number of amides is 2. The van der Waals surface area contributed by atoms with Crippen molar-refractivity contribution in [2.45, 2.75) is 86.3 Å². The Morgan fingerprint density at radius 3 is 2.28 bits per heavy atom. The Hall–Kier alpha value is -4.63. The van der Waals surface area contributed by atoms with E-state index in [-0.39, 0.29) is 51.6 Å². The van der Waals surface area contributed by atoms with Crippen molar-refractivity contribution < 1.29 is 68.4 Å². The molecule has 0 radical (unpaired) electrons. The molecule has 0 unspecified atom stereocenters. The lowest BCUT2D eigenvalue weighted by atomic mass is 9.62. The molecule has 3 aromatic rings. The summed E-state index contributed by atoms with van der Waals surface area (Å²) in [6.07, 6.45) is -7.14. The highest BCUT2D eigenvalue weighted by Crippen LogP contribution is 2.59. The molecule has 4 heterocycles. The van der Waals surface area contributed by atoms with Gasteiger partial charge in [0.15, 0.2) is 12.3 Å². The number of carbonyl (C=O) groups is 3. The molecule has 5 aliphatic rings. The first-order valence-electron chi connectivity index (χ1n) is 20.0. The van der Waals surface area contributed by atoms with Crippen LogP contribution in [0.25, 0.3) is 6.08 Å². The summed E-state index contributed by atoms with van der Waals surface area (Å²) in [5.74, 6) is -2.94. The van der Waals surface area contributed by atoms with Gasteiger partial charge in [0.2, 0.25) is 17.6 Å². The monoisotopic (exact) mass is 831 g/mol. The Balaban J connectivity index is 1.06. The summed E-state index contributed by atoms with van der Waals surface area (Å²) in [4.78, 5) is 48.0. The summed E-state index contributed by atoms with van der Waals surface area (Å²) in [5.41, 5.74) is 1.36. The molecule has 1 aliphatic carbocycles. The SMILES string of the molecule is O=C(CCNC(=O)[C@@]12C[C@H]3OC(=O)[C@@H]1N(Cc1cccc(C=CCO[C@H]4O[C@H](CO)[C@H](O)[C@H](O)[C@H]4O)c1)O[C@@H]2[C@H]1OC(c2ccccc2)(c2ccccc2)O[C@H]13)NCCO. The average Bonchev–Trinajstić information content (AvgIpc) is 3.85. The van der Waals surface area contributed by atoms with E-state index >= 15 is 0 Å². The van der Waals surface area contributed by atoms with Crippen LogP contribution in [-0.2, 0) is 55.2 Å². The summed E-state index contributed by atoms with van der Waals surface area (Å²) in [6.45, 7) is -0.738. The maximum atomic E-state index is 14.6. The Kier molecular flexibility index (Phi) is 12.5. The summed E-state index contributed by atoms with van der Waals surface area (Å²) >= 11 is 0. The highest BCUT2D eigenvalue weighted by atomic mass is 16.8. The van der Waals surface area contributed by atoms with E-state index < -0.39 is 90.8 Å². The van der Waals surface area contributed by atoms with E-state index in [1.54, 1.807) is 12.2 Å². The molecule has 320 valence electrons. The molecular weight excluding hydrogens is 782 g/mol. The lowest BCUT2D eigenvalue weighted by molar-refractivity contribution is -0.298. The van der Waals surface area contributed by atoms with Gasteiger partial charge in [0, 0.05) is 37.1 Å². The molecule has 1 saturated carbocycles. The molecule has 4 aliphatic heterocycles. The van der Waals surface area contributed by atoms with E-state index in [1.165, 1.54) is 5.06 Å². The topological polar surface area (TPSA) is 235 Å². The Morgan fingerprint density at radius 1 is 0.867 bits per heavy atom. The second-order valence-electron chi connectivity index (χ2n) is 15.5. The van der Waals surface area contributed by atoms with Gasteiger partial charge in [-0.1, -0.05) is 97.1 Å². The van der Waals surface area contributed by atoms with E-state index in [4.69, 9.17) is 33.6 Å². The fraction of sp³-hybridized carbons (Fsp3) is 0.465. The number of rotatable bonds is 15. The average molecular weight is 832 g/mol. The molecule has 0 aromatic heterocycles. The third-order valence-corrected chi connectivity index (χ3v) is 11.8.